The quantitative estimate of drug-likeness (QED) is 0.399. The highest BCUT2D eigenvalue weighted by atomic mass is 127. The molecule has 142 valence electrons. The van der Waals surface area contributed by atoms with Gasteiger partial charge in [0, 0.05) is 51.5 Å². The second-order valence-corrected chi connectivity index (χ2v) is 6.65. The van der Waals surface area contributed by atoms with Gasteiger partial charge in [0.1, 0.15) is 0 Å². The molecule has 1 saturated heterocycles. The molecule has 0 aromatic carbocycles. The average molecular weight is 487 g/mol. The van der Waals surface area contributed by atoms with Gasteiger partial charge >= 0.3 is 0 Å². The Morgan fingerprint density at radius 1 is 1.27 bits per heavy atom. The highest BCUT2D eigenvalue weighted by molar-refractivity contribution is 14.0. The molecule has 0 amide bonds. The third-order valence-electron chi connectivity index (χ3n) is 4.18. The lowest BCUT2D eigenvalue weighted by Gasteiger charge is -2.37. The molecule has 8 heteroatoms. The van der Waals surface area contributed by atoms with Crippen LogP contribution in [0.4, 0.5) is 5.00 Å². The van der Waals surface area contributed by atoms with Crippen molar-refractivity contribution in [2.75, 3.05) is 44.7 Å². The minimum absolute atomic E-state index is 0. The molecule has 1 N–H and O–H groups in total. The first kappa shape index (κ1) is 20.8. The number of halogens is 1. The van der Waals surface area contributed by atoms with Crippen LogP contribution in [-0.4, -0.2) is 55.7 Å². The molecule has 2 aromatic rings. The summed E-state index contributed by atoms with van der Waals surface area (Å²) in [6, 6.07) is 8.26. The summed E-state index contributed by atoms with van der Waals surface area (Å²) in [6.45, 7) is 7.19. The smallest absolute Gasteiger partial charge is 0.218 e. The van der Waals surface area contributed by atoms with E-state index in [1.165, 1.54) is 5.00 Å². The van der Waals surface area contributed by atoms with Crippen molar-refractivity contribution in [3.8, 4) is 5.88 Å². The van der Waals surface area contributed by atoms with Crippen LogP contribution in [0.2, 0.25) is 0 Å². The topological polar surface area (TPSA) is 53.0 Å². The first-order chi connectivity index (χ1) is 12.3. The molecule has 0 bridgehead atoms. The van der Waals surface area contributed by atoms with Crippen LogP contribution in [0, 0.1) is 0 Å². The van der Waals surface area contributed by atoms with Crippen LogP contribution >= 0.6 is 35.3 Å². The molecule has 3 heterocycles. The Balaban J connectivity index is 0.00000243. The van der Waals surface area contributed by atoms with Gasteiger partial charge in [-0.1, -0.05) is 6.07 Å². The predicted octanol–water partition coefficient (Wildman–Crippen LogP) is 3.06. The van der Waals surface area contributed by atoms with Crippen LogP contribution in [0.25, 0.3) is 0 Å². The van der Waals surface area contributed by atoms with Crippen LogP contribution in [0.5, 0.6) is 5.88 Å². The Hall–Kier alpha value is -1.55. The fourth-order valence-electron chi connectivity index (χ4n) is 2.92. The molecule has 1 fully saturated rings. The lowest BCUT2D eigenvalue weighted by molar-refractivity contribution is 0.322. The van der Waals surface area contributed by atoms with Gasteiger partial charge in [0.25, 0.3) is 0 Å². The standard InChI is InChI=1S/C18H25N5OS.HI/c1-3-24-17-15(6-4-8-20-17)14-21-18(19-2)23-11-9-22(10-12-23)16-7-5-13-25-16;/h4-8,13H,3,9-12,14H2,1-2H3,(H,19,21);1H. The summed E-state index contributed by atoms with van der Waals surface area (Å²) in [5.74, 6) is 1.62. The number of guanidine groups is 1. The Kier molecular flexibility index (Phi) is 8.43. The highest BCUT2D eigenvalue weighted by Crippen LogP contribution is 2.22. The van der Waals surface area contributed by atoms with Crippen molar-refractivity contribution in [2.24, 2.45) is 4.99 Å². The number of nitrogens with zero attached hydrogens (tertiary/aromatic N) is 4. The van der Waals surface area contributed by atoms with Crippen molar-refractivity contribution < 1.29 is 4.74 Å². The van der Waals surface area contributed by atoms with E-state index in [1.807, 2.05) is 26.1 Å². The van der Waals surface area contributed by atoms with E-state index in [4.69, 9.17) is 4.74 Å². The largest absolute Gasteiger partial charge is 0.478 e. The van der Waals surface area contributed by atoms with Gasteiger partial charge in [0.2, 0.25) is 5.88 Å². The number of nitrogens with one attached hydrogen (secondary N) is 1. The van der Waals surface area contributed by atoms with Gasteiger partial charge in [0.05, 0.1) is 11.6 Å². The van der Waals surface area contributed by atoms with E-state index >= 15 is 0 Å². The lowest BCUT2D eigenvalue weighted by Crippen LogP contribution is -2.52. The molecule has 6 nitrogen and oxygen atoms in total. The first-order valence-electron chi connectivity index (χ1n) is 8.62. The van der Waals surface area contributed by atoms with E-state index in [9.17, 15) is 0 Å². The Bertz CT molecular complexity index is 687. The van der Waals surface area contributed by atoms with Gasteiger partial charge in [0.15, 0.2) is 5.96 Å². The number of thiophene rings is 1. The molecule has 1 aliphatic rings. The van der Waals surface area contributed by atoms with Crippen LogP contribution in [0.1, 0.15) is 12.5 Å². The maximum absolute atomic E-state index is 5.59. The average Bonchev–Trinajstić information content (AvgIpc) is 3.19. The summed E-state index contributed by atoms with van der Waals surface area (Å²) in [5.41, 5.74) is 1.04. The minimum atomic E-state index is 0. The summed E-state index contributed by atoms with van der Waals surface area (Å²) in [5, 5.41) is 6.92. The fourth-order valence-corrected chi connectivity index (χ4v) is 3.71. The van der Waals surface area contributed by atoms with Gasteiger partial charge in [-0.2, -0.15) is 0 Å². The molecule has 0 saturated carbocycles. The van der Waals surface area contributed by atoms with Gasteiger partial charge in [-0.15, -0.1) is 35.3 Å². The monoisotopic (exact) mass is 487 g/mol. The number of ether oxygens (including phenoxy) is 1. The van der Waals surface area contributed by atoms with E-state index in [0.717, 1.165) is 37.7 Å². The molecule has 0 unspecified atom stereocenters. The molecular weight excluding hydrogens is 461 g/mol. The lowest BCUT2D eigenvalue weighted by atomic mass is 10.2. The second-order valence-electron chi connectivity index (χ2n) is 5.73. The molecule has 0 aliphatic carbocycles. The number of pyridine rings is 1. The third kappa shape index (κ3) is 5.23. The van der Waals surface area contributed by atoms with Crippen LogP contribution in [0.15, 0.2) is 40.8 Å². The number of hydrogen-bond acceptors (Lipinski definition) is 5. The van der Waals surface area contributed by atoms with Gasteiger partial charge in [-0.05, 0) is 30.5 Å². The van der Waals surface area contributed by atoms with Gasteiger partial charge in [-0.3, -0.25) is 4.99 Å². The maximum Gasteiger partial charge on any atom is 0.218 e. The van der Waals surface area contributed by atoms with Crippen molar-refractivity contribution in [1.29, 1.82) is 0 Å². The zero-order valence-corrected chi connectivity index (χ0v) is 18.4. The van der Waals surface area contributed by atoms with Crippen LogP contribution in [0.3, 0.4) is 0 Å². The normalized spacial score (nSPS) is 14.8. The summed E-state index contributed by atoms with van der Waals surface area (Å²) >= 11 is 1.80. The Morgan fingerprint density at radius 3 is 2.73 bits per heavy atom. The first-order valence-corrected chi connectivity index (χ1v) is 9.50. The Labute approximate surface area is 176 Å². The molecule has 0 atom stereocenters. The Morgan fingerprint density at radius 2 is 2.08 bits per heavy atom. The molecule has 0 radical (unpaired) electrons. The van der Waals surface area contributed by atoms with Crippen molar-refractivity contribution >= 4 is 46.3 Å². The summed E-state index contributed by atoms with van der Waals surface area (Å²) in [6.07, 6.45) is 1.76. The molecule has 26 heavy (non-hydrogen) atoms. The van der Waals surface area contributed by atoms with E-state index in [2.05, 4.69) is 42.6 Å². The van der Waals surface area contributed by atoms with Crippen molar-refractivity contribution in [3.63, 3.8) is 0 Å². The van der Waals surface area contributed by atoms with E-state index in [0.29, 0.717) is 19.0 Å². The number of piperazine rings is 1. The third-order valence-corrected chi connectivity index (χ3v) is 5.11. The number of aromatic nitrogens is 1. The number of hydrogen-bond donors (Lipinski definition) is 1. The van der Waals surface area contributed by atoms with E-state index in [1.54, 1.807) is 17.5 Å². The molecule has 1 aliphatic heterocycles. The molecule has 0 spiro atoms. The SMILES string of the molecule is CCOc1ncccc1CNC(=NC)N1CCN(c2cccs2)CC1.I. The predicted molar refractivity (Wildman–Crippen MR) is 119 cm³/mol. The minimum Gasteiger partial charge on any atom is -0.478 e. The van der Waals surface area contributed by atoms with Gasteiger partial charge in [-0.25, -0.2) is 4.98 Å². The zero-order valence-electron chi connectivity index (χ0n) is 15.2. The molecular formula is C18H26IN5OS. The van der Waals surface area contributed by atoms with Crippen molar-refractivity contribution in [3.05, 3.63) is 41.4 Å². The van der Waals surface area contributed by atoms with Crippen molar-refractivity contribution in [2.45, 2.75) is 13.5 Å². The maximum atomic E-state index is 5.59. The number of rotatable bonds is 5. The van der Waals surface area contributed by atoms with Crippen molar-refractivity contribution in [1.82, 2.24) is 15.2 Å². The summed E-state index contributed by atoms with van der Waals surface area (Å²) in [4.78, 5) is 13.5. The molecule has 3 rings (SSSR count). The van der Waals surface area contributed by atoms with Crippen LogP contribution < -0.4 is 15.0 Å². The van der Waals surface area contributed by atoms with E-state index in [-0.39, 0.29) is 24.0 Å². The summed E-state index contributed by atoms with van der Waals surface area (Å²) in [7, 11) is 1.83. The second kappa shape index (κ2) is 10.6. The zero-order chi connectivity index (χ0) is 17.5. The number of anilines is 1. The summed E-state index contributed by atoms with van der Waals surface area (Å²) < 4.78 is 5.59. The van der Waals surface area contributed by atoms with Gasteiger partial charge < -0.3 is 19.9 Å². The highest BCUT2D eigenvalue weighted by Gasteiger charge is 2.20. The number of aliphatic imine (C=N–C) groups is 1. The van der Waals surface area contributed by atoms with E-state index < -0.39 is 0 Å². The fraction of sp³-hybridized carbons (Fsp3) is 0.444. The van der Waals surface area contributed by atoms with Crippen LogP contribution in [-0.2, 0) is 6.54 Å². The molecule has 2 aromatic heterocycles.